The van der Waals surface area contributed by atoms with Crippen molar-refractivity contribution < 1.29 is 108 Å². The van der Waals surface area contributed by atoms with E-state index in [2.05, 4.69) is 368 Å². The SMILES string of the molecule is C1=CCC=C1.C1=CCC=C1.C=CCC1(C)C(C=C(C=C2N(Cc3cccnc3)c3ccccc3C2(CC)CCCOC2C=CC=C2)c2ccccc2)=[N+](C)c2ccc(OC)cc21.CC(C)CC[N+]1=C(C=CC=C2N(CCOc3ccc(Br)cc3)c3ccc(Cl)cc3C2(C)CC2C=CC=C2)C(C)(Cc2ccccc2)c2ccccc21.F[P-](F)(F)(F)(F)F.F[P-](F)(F)(F)(F)F.[CH3-].[CH3-].[CH3-].[CH3-].[Fe+2].[Fe+2]. The molecule has 4 atom stereocenters. The normalized spacial score (nSPS) is 20.5. The van der Waals surface area contributed by atoms with Gasteiger partial charge < -0.3 is 53.7 Å². The van der Waals surface area contributed by atoms with Gasteiger partial charge in [0.15, 0.2) is 11.4 Å². The fourth-order valence-corrected chi connectivity index (χ4v) is 18.2. The van der Waals surface area contributed by atoms with Crippen LogP contribution in [0.15, 0.2) is 351 Å². The van der Waals surface area contributed by atoms with Gasteiger partial charge in [-0.15, -0.1) is 6.58 Å². The van der Waals surface area contributed by atoms with Crippen LogP contribution in [0.5, 0.6) is 11.5 Å². The topological polar surface area (TPSA) is 53.1 Å². The van der Waals surface area contributed by atoms with E-state index in [-0.39, 0.29) is 91.6 Å². The molecular formula is C108H123BrClF12Fe2N5O3P2. The van der Waals surface area contributed by atoms with Crippen molar-refractivity contribution in [1.29, 1.82) is 0 Å². The maximum atomic E-state index is 9.87. The molecule has 8 aliphatic rings. The summed E-state index contributed by atoms with van der Waals surface area (Å²) in [5.74, 6) is 2.69. The van der Waals surface area contributed by atoms with E-state index in [1.54, 1.807) is 7.11 Å². The molecule has 8 nitrogen and oxygen atoms in total. The van der Waals surface area contributed by atoms with Gasteiger partial charge in [0, 0.05) is 110 Å². The number of hydrogen-bond donors (Lipinski definition) is 0. The first-order chi connectivity index (χ1) is 60.5. The van der Waals surface area contributed by atoms with Crippen molar-refractivity contribution in [2.75, 3.05) is 50.3 Å². The van der Waals surface area contributed by atoms with E-state index in [0.29, 0.717) is 31.6 Å². The van der Waals surface area contributed by atoms with Gasteiger partial charge in [-0.1, -0.05) is 261 Å². The average Bonchev–Trinajstić information content (AvgIpc) is 1.58. The first kappa shape index (κ1) is 115. The molecule has 16 rings (SSSR count). The molecule has 0 saturated carbocycles. The number of rotatable bonds is 27. The largest absolute Gasteiger partial charge is 2.00 e. The summed E-state index contributed by atoms with van der Waals surface area (Å²) in [4.78, 5) is 9.51. The van der Waals surface area contributed by atoms with Gasteiger partial charge in [0.1, 0.15) is 31.7 Å². The maximum absolute atomic E-state index is 10.7. The van der Waals surface area contributed by atoms with Crippen LogP contribution in [-0.4, -0.2) is 72.1 Å². The number of nitrogens with zero attached hydrogens (tertiary/aromatic N) is 5. The van der Waals surface area contributed by atoms with Crippen LogP contribution in [-0.2, 0) is 73.5 Å². The fraction of sp³-hybridized carbons (Fsp3) is 0.269. The zero-order valence-electron chi connectivity index (χ0n) is 77.9. The average molecular weight is 2060 g/mol. The molecule has 0 radical (unpaired) electrons. The zero-order valence-corrected chi connectivity index (χ0v) is 84.2. The summed E-state index contributed by atoms with van der Waals surface area (Å²) in [5, 5.41) is 0.766. The van der Waals surface area contributed by atoms with Gasteiger partial charge in [-0.2, -0.15) is 9.15 Å². The second-order valence-electron chi connectivity index (χ2n) is 33.6. The van der Waals surface area contributed by atoms with Gasteiger partial charge in [0.2, 0.25) is 11.4 Å². The Morgan fingerprint density at radius 3 is 1.72 bits per heavy atom. The Bertz CT molecular complexity index is 5620. The molecule has 0 fully saturated rings. The number of anilines is 2. The van der Waals surface area contributed by atoms with Crippen molar-refractivity contribution in [2.24, 2.45) is 11.8 Å². The molecule has 722 valence electrons. The van der Waals surface area contributed by atoms with Gasteiger partial charge >= 0.3 is 100 Å². The Hall–Kier alpha value is -9.36. The summed E-state index contributed by atoms with van der Waals surface area (Å²) in [7, 11) is -17.4. The molecule has 4 aliphatic carbocycles. The van der Waals surface area contributed by atoms with Crippen molar-refractivity contribution in [3.63, 3.8) is 0 Å². The van der Waals surface area contributed by atoms with E-state index in [0.717, 1.165) is 91.9 Å². The van der Waals surface area contributed by atoms with Crippen LogP contribution in [0, 0.1) is 41.5 Å². The minimum absolute atomic E-state index is 0. The first-order valence-electron chi connectivity index (χ1n) is 42.8. The summed E-state index contributed by atoms with van der Waals surface area (Å²) in [6, 6.07) is 64.9. The Balaban J connectivity index is 0.000000365. The molecule has 134 heavy (non-hydrogen) atoms. The number of halogens is 14. The number of hydrogen-bond acceptors (Lipinski definition) is 6. The molecule has 1 aromatic heterocycles. The first-order valence-corrected chi connectivity index (χ1v) is 48.1. The summed E-state index contributed by atoms with van der Waals surface area (Å²) < 4.78 is 143. The van der Waals surface area contributed by atoms with E-state index in [9.17, 15) is 50.4 Å². The van der Waals surface area contributed by atoms with E-state index in [1.807, 2.05) is 54.9 Å². The second kappa shape index (κ2) is 47.6. The molecule has 7 aromatic carbocycles. The predicted octanol–water partition coefficient (Wildman–Crippen LogP) is 34.0. The molecular weight excluding hydrogens is 1930 g/mol. The third kappa shape index (κ3) is 32.4. The van der Waals surface area contributed by atoms with E-state index < -0.39 is 15.6 Å². The zero-order chi connectivity index (χ0) is 92.3. The van der Waals surface area contributed by atoms with Crippen LogP contribution in [0.1, 0.15) is 132 Å². The summed E-state index contributed by atoms with van der Waals surface area (Å²) in [5.41, 5.74) is 19.3. The molecule has 0 amide bonds. The fourth-order valence-electron chi connectivity index (χ4n) is 17.7. The monoisotopic (exact) mass is 2050 g/mol. The van der Waals surface area contributed by atoms with Crippen LogP contribution in [0.25, 0.3) is 5.57 Å². The third-order valence-corrected chi connectivity index (χ3v) is 24.4. The summed E-state index contributed by atoms with van der Waals surface area (Å²) in [6.07, 6.45) is 60.9. The number of fused-ring (bicyclic) bond motifs is 4. The number of para-hydroxylation sites is 2. The maximum Gasteiger partial charge on any atom is 2.00 e. The minimum atomic E-state index is -10.7. The molecule has 26 heteroatoms. The molecule has 0 N–H and O–H groups in total. The van der Waals surface area contributed by atoms with Crippen LogP contribution >= 0.6 is 43.1 Å². The Kier molecular flexibility index (Phi) is 40.9. The van der Waals surface area contributed by atoms with Crippen molar-refractivity contribution in [3.05, 3.63) is 424 Å². The number of allylic oxidation sites excluding steroid dienone is 23. The molecule has 0 saturated heterocycles. The van der Waals surface area contributed by atoms with Crippen LogP contribution in [0.4, 0.5) is 73.1 Å². The Morgan fingerprint density at radius 1 is 0.597 bits per heavy atom. The van der Waals surface area contributed by atoms with Gasteiger partial charge in [-0.25, -0.2) is 0 Å². The van der Waals surface area contributed by atoms with Crippen LogP contribution < -0.4 is 19.3 Å². The number of ether oxygens (including phenoxy) is 3. The van der Waals surface area contributed by atoms with Crippen LogP contribution in [0.3, 0.4) is 0 Å². The Labute approximate surface area is 821 Å². The number of methoxy groups -OCH3 is 1. The molecule has 5 heterocycles. The third-order valence-electron chi connectivity index (χ3n) is 23.6. The van der Waals surface area contributed by atoms with Gasteiger partial charge in [-0.05, 0) is 196 Å². The van der Waals surface area contributed by atoms with Gasteiger partial charge in [0.05, 0.1) is 30.6 Å². The number of aromatic nitrogens is 1. The van der Waals surface area contributed by atoms with E-state index in [1.165, 1.54) is 90.1 Å². The van der Waals surface area contributed by atoms with E-state index in [4.69, 9.17) is 25.8 Å². The molecule has 4 unspecified atom stereocenters. The quantitative estimate of drug-likeness (QED) is 0.00973. The van der Waals surface area contributed by atoms with Crippen molar-refractivity contribution in [3.8, 4) is 11.5 Å². The van der Waals surface area contributed by atoms with Crippen molar-refractivity contribution >= 4 is 82.9 Å². The van der Waals surface area contributed by atoms with E-state index >= 15 is 0 Å². The van der Waals surface area contributed by atoms with Crippen molar-refractivity contribution in [1.82, 2.24) is 4.98 Å². The Morgan fingerprint density at radius 2 is 1.16 bits per heavy atom. The van der Waals surface area contributed by atoms with Crippen LogP contribution in [0.2, 0.25) is 5.02 Å². The molecule has 4 aliphatic heterocycles. The number of pyridine rings is 1. The predicted molar refractivity (Wildman–Crippen MR) is 536 cm³/mol. The smallest absolute Gasteiger partial charge is 0.358 e. The molecule has 0 bridgehead atoms. The molecule has 0 spiro atoms. The van der Waals surface area contributed by atoms with Gasteiger partial charge in [0.25, 0.3) is 0 Å². The summed E-state index contributed by atoms with van der Waals surface area (Å²) >= 11 is 10.3. The second-order valence-corrected chi connectivity index (χ2v) is 38.8. The van der Waals surface area contributed by atoms with Gasteiger partial charge in [-0.3, -0.25) is 4.98 Å². The summed E-state index contributed by atoms with van der Waals surface area (Å²) in [6.45, 7) is 22.0. The minimum Gasteiger partial charge on any atom is -0.358 e. The standard InChI is InChI=1S/C47H49BrClN2O.C47H50N3O2.2C5H6.4CH3.2F6P.2Fe/c1-34(2)27-28-50-42-18-11-10-17-40(42)46(3,32-35-13-6-5-7-14-35)44(50)19-12-20-45-47(4,33-36-15-8-9-16-36)41-31-38(49)23-26-43(41)51(45)29-30-52-39-24-21-37(48)22-25-39;1-6-26-46(3)41-32-39(51-5)24-25-42(41)49(4)44(46)30-37(36-18-9-8-10-19-36)31-45-47(7-2,27-16-29-52-38-20-11-12-21-38)40-22-13-14-23-43(40)50(45)34-35-17-15-28-48-33-35;2*1-2-4-5-3-1;;;;;2*1-7(2,3,4,5)6;;/h5-26,31,34,36H,27-30,32-33H2,1-4H3;6,8-15,17-25,28,30-33,38H,1,7,16,26-27,29,34H2,2-5H3;2*1-4H,5H2;4*1H3;;;;/q2*+1;;;6*-1;2*+2. The molecule has 8 aromatic rings. The van der Waals surface area contributed by atoms with Crippen molar-refractivity contribution in [2.45, 2.75) is 134 Å². The number of benzene rings is 7.